The van der Waals surface area contributed by atoms with Crippen LogP contribution < -0.4 is 5.32 Å². The van der Waals surface area contributed by atoms with Gasteiger partial charge in [0, 0.05) is 12.1 Å². The maximum absolute atomic E-state index is 3.48. The van der Waals surface area contributed by atoms with Gasteiger partial charge in [0.1, 0.15) is 0 Å². The van der Waals surface area contributed by atoms with Crippen LogP contribution in [0.5, 0.6) is 0 Å². The van der Waals surface area contributed by atoms with E-state index in [1.54, 1.807) is 0 Å². The molecule has 12 heavy (non-hydrogen) atoms. The van der Waals surface area contributed by atoms with Gasteiger partial charge in [0.25, 0.3) is 0 Å². The van der Waals surface area contributed by atoms with E-state index in [-0.39, 0.29) is 0 Å². The van der Waals surface area contributed by atoms with Crippen molar-refractivity contribution >= 4 is 0 Å². The number of piperidine rings is 1. The molecule has 0 saturated carbocycles. The van der Waals surface area contributed by atoms with Gasteiger partial charge in [0.05, 0.1) is 0 Å². The van der Waals surface area contributed by atoms with Crippen molar-refractivity contribution in [3.05, 3.63) is 0 Å². The lowest BCUT2D eigenvalue weighted by Crippen LogP contribution is -2.55. The van der Waals surface area contributed by atoms with Crippen LogP contribution in [0.1, 0.15) is 33.6 Å². The fourth-order valence-electron chi connectivity index (χ4n) is 2.30. The number of likely N-dealkylation sites (N-methyl/N-ethyl adjacent to an activating group) is 1. The second-order valence-corrected chi connectivity index (χ2v) is 3.95. The molecular weight excluding hydrogens is 148 g/mol. The Labute approximate surface area is 76.3 Å². The fraction of sp³-hybridized carbons (Fsp3) is 1.00. The van der Waals surface area contributed by atoms with Gasteiger partial charge in [-0.2, -0.15) is 0 Å². The predicted molar refractivity (Wildman–Crippen MR) is 53.4 cm³/mol. The monoisotopic (exact) mass is 170 g/mol. The predicted octanol–water partition coefficient (Wildman–Crippen LogP) is 1.47. The zero-order chi connectivity index (χ0) is 9.03. The first-order valence-electron chi connectivity index (χ1n) is 5.18. The molecule has 0 amide bonds. The van der Waals surface area contributed by atoms with E-state index in [0.717, 1.165) is 6.54 Å². The first-order valence-corrected chi connectivity index (χ1v) is 5.18. The molecule has 1 saturated heterocycles. The third-order valence-electron chi connectivity index (χ3n) is 3.10. The molecule has 72 valence electrons. The van der Waals surface area contributed by atoms with Gasteiger partial charge in [-0.25, -0.2) is 0 Å². The topological polar surface area (TPSA) is 15.3 Å². The van der Waals surface area contributed by atoms with Crippen molar-refractivity contribution in [2.45, 2.75) is 39.2 Å². The lowest BCUT2D eigenvalue weighted by atomic mass is 9.90. The van der Waals surface area contributed by atoms with Crippen molar-refractivity contribution in [3.8, 4) is 0 Å². The Balaban J connectivity index is 2.53. The summed E-state index contributed by atoms with van der Waals surface area (Å²) in [5.41, 5.74) is 0.418. The molecule has 1 fully saturated rings. The van der Waals surface area contributed by atoms with Crippen LogP contribution in [0.15, 0.2) is 0 Å². The summed E-state index contributed by atoms with van der Waals surface area (Å²) in [5, 5.41) is 3.48. The van der Waals surface area contributed by atoms with Crippen molar-refractivity contribution in [1.29, 1.82) is 0 Å². The van der Waals surface area contributed by atoms with Gasteiger partial charge in [-0.05, 0) is 39.4 Å². The number of hydrogen-bond donors (Lipinski definition) is 1. The van der Waals surface area contributed by atoms with E-state index in [2.05, 4.69) is 31.0 Å². The van der Waals surface area contributed by atoms with E-state index < -0.39 is 0 Å². The zero-order valence-corrected chi connectivity index (χ0v) is 8.69. The summed E-state index contributed by atoms with van der Waals surface area (Å²) in [6.45, 7) is 11.6. The molecule has 0 aliphatic carbocycles. The summed E-state index contributed by atoms with van der Waals surface area (Å²) in [6, 6.07) is 0. The fourth-order valence-corrected chi connectivity index (χ4v) is 2.30. The van der Waals surface area contributed by atoms with E-state index in [1.165, 1.54) is 32.5 Å². The molecule has 1 heterocycles. The summed E-state index contributed by atoms with van der Waals surface area (Å²) >= 11 is 0. The molecule has 1 aliphatic heterocycles. The summed E-state index contributed by atoms with van der Waals surface area (Å²) in [7, 11) is 0. The van der Waals surface area contributed by atoms with Crippen LogP contribution in [0.25, 0.3) is 0 Å². The summed E-state index contributed by atoms with van der Waals surface area (Å²) < 4.78 is 0. The minimum atomic E-state index is 0.418. The third kappa shape index (κ3) is 1.99. The van der Waals surface area contributed by atoms with Crippen LogP contribution in [0.3, 0.4) is 0 Å². The highest BCUT2D eigenvalue weighted by molar-refractivity contribution is 4.90. The maximum atomic E-state index is 3.48. The van der Waals surface area contributed by atoms with Gasteiger partial charge in [0.15, 0.2) is 0 Å². The minimum absolute atomic E-state index is 0.418. The maximum Gasteiger partial charge on any atom is 0.0306 e. The van der Waals surface area contributed by atoms with Crippen molar-refractivity contribution in [2.24, 2.45) is 0 Å². The van der Waals surface area contributed by atoms with Gasteiger partial charge >= 0.3 is 0 Å². The largest absolute Gasteiger partial charge is 0.315 e. The van der Waals surface area contributed by atoms with Crippen molar-refractivity contribution in [1.82, 2.24) is 10.2 Å². The number of nitrogens with one attached hydrogen (secondary N) is 1. The first-order chi connectivity index (χ1) is 5.73. The summed E-state index contributed by atoms with van der Waals surface area (Å²) in [6.07, 6.45) is 2.68. The van der Waals surface area contributed by atoms with Crippen molar-refractivity contribution in [2.75, 3.05) is 26.2 Å². The second kappa shape index (κ2) is 4.24. The molecule has 1 aliphatic rings. The van der Waals surface area contributed by atoms with Crippen LogP contribution >= 0.6 is 0 Å². The summed E-state index contributed by atoms with van der Waals surface area (Å²) in [4.78, 5) is 2.57. The number of nitrogens with zero attached hydrogens (tertiary/aromatic N) is 1. The van der Waals surface area contributed by atoms with Crippen LogP contribution in [-0.4, -0.2) is 36.6 Å². The van der Waals surface area contributed by atoms with Crippen molar-refractivity contribution in [3.63, 3.8) is 0 Å². The average molecular weight is 170 g/mol. The quantitative estimate of drug-likeness (QED) is 0.690. The van der Waals surface area contributed by atoms with Crippen LogP contribution in [0.2, 0.25) is 0 Å². The molecule has 0 bridgehead atoms. The molecule has 0 aromatic rings. The first kappa shape index (κ1) is 10.0. The SMILES string of the molecule is CCN(CC)C1(C)CCCNC1. The Morgan fingerprint density at radius 2 is 2.00 bits per heavy atom. The van der Waals surface area contributed by atoms with E-state index in [0.29, 0.717) is 5.54 Å². The van der Waals surface area contributed by atoms with Crippen LogP contribution in [-0.2, 0) is 0 Å². The molecule has 1 N–H and O–H groups in total. The average Bonchev–Trinajstić information content (AvgIpc) is 2.07. The van der Waals surface area contributed by atoms with Crippen LogP contribution in [0.4, 0.5) is 0 Å². The zero-order valence-electron chi connectivity index (χ0n) is 8.69. The second-order valence-electron chi connectivity index (χ2n) is 3.95. The van der Waals surface area contributed by atoms with Gasteiger partial charge < -0.3 is 5.32 Å². The van der Waals surface area contributed by atoms with E-state index in [9.17, 15) is 0 Å². The van der Waals surface area contributed by atoms with E-state index >= 15 is 0 Å². The molecule has 0 spiro atoms. The highest BCUT2D eigenvalue weighted by atomic mass is 15.2. The highest BCUT2D eigenvalue weighted by Gasteiger charge is 2.30. The van der Waals surface area contributed by atoms with E-state index in [4.69, 9.17) is 0 Å². The Hall–Kier alpha value is -0.0800. The van der Waals surface area contributed by atoms with Crippen LogP contribution in [0, 0.1) is 0 Å². The van der Waals surface area contributed by atoms with E-state index in [1.807, 2.05) is 0 Å². The minimum Gasteiger partial charge on any atom is -0.315 e. The molecule has 1 atom stereocenters. The molecule has 2 heteroatoms. The third-order valence-corrected chi connectivity index (χ3v) is 3.10. The van der Waals surface area contributed by atoms with Gasteiger partial charge in [-0.1, -0.05) is 13.8 Å². The normalized spacial score (nSPS) is 31.0. The lowest BCUT2D eigenvalue weighted by molar-refractivity contribution is 0.0887. The highest BCUT2D eigenvalue weighted by Crippen LogP contribution is 2.22. The molecule has 0 aromatic carbocycles. The Morgan fingerprint density at radius 3 is 2.42 bits per heavy atom. The number of hydrogen-bond acceptors (Lipinski definition) is 2. The Bertz CT molecular complexity index is 124. The Morgan fingerprint density at radius 1 is 1.33 bits per heavy atom. The van der Waals surface area contributed by atoms with Crippen molar-refractivity contribution < 1.29 is 0 Å². The molecule has 1 unspecified atom stereocenters. The lowest BCUT2D eigenvalue weighted by Gasteiger charge is -2.43. The molecule has 1 rings (SSSR count). The Kier molecular flexibility index (Phi) is 3.53. The smallest absolute Gasteiger partial charge is 0.0306 e. The molecular formula is C10H22N2. The summed E-state index contributed by atoms with van der Waals surface area (Å²) in [5.74, 6) is 0. The number of rotatable bonds is 3. The van der Waals surface area contributed by atoms with Gasteiger partial charge in [-0.15, -0.1) is 0 Å². The van der Waals surface area contributed by atoms with Gasteiger partial charge in [-0.3, -0.25) is 4.90 Å². The standard InChI is InChI=1S/C10H22N2/c1-4-12(5-2)10(3)7-6-8-11-9-10/h11H,4-9H2,1-3H3. The van der Waals surface area contributed by atoms with Gasteiger partial charge in [0.2, 0.25) is 0 Å². The molecule has 0 aromatic heterocycles. The molecule has 0 radical (unpaired) electrons. The molecule has 2 nitrogen and oxygen atoms in total.